The highest BCUT2D eigenvalue weighted by Gasteiger charge is 2.18. The number of nitrogens with one attached hydrogen (secondary N) is 4. The number of anilines is 2. The third-order valence-electron chi connectivity index (χ3n) is 10.0. The molecule has 2 saturated heterocycles. The maximum atomic E-state index is 13.2. The molecule has 0 saturated carbocycles. The standard InChI is InChI=1S/C41H50N8O6/c1-46-27-33(25-35(46)40(53)42-15-6-19-49-21-23-55-24-22-49)44-38(51)31-11-7-29(8-12-31)37(50)30-9-13-32(14-10-30)39(52)45-34-26-36(47(2)28-34)41(54)43-16-20-48-17-4-3-5-18-48/h7-14,25-28H,3-6,15-24H2,1-2H3,(H,42,53)(H,43,54)(H,44,51)(H,45,52). The van der Waals surface area contributed by atoms with Crippen molar-refractivity contribution >= 4 is 40.8 Å². The lowest BCUT2D eigenvalue weighted by atomic mass is 10.0. The van der Waals surface area contributed by atoms with Crippen LogP contribution in [0.1, 0.15) is 83.3 Å². The summed E-state index contributed by atoms with van der Waals surface area (Å²) in [6.45, 7) is 8.25. The van der Waals surface area contributed by atoms with E-state index in [1.54, 1.807) is 96.3 Å². The van der Waals surface area contributed by atoms with Crippen molar-refractivity contribution in [2.75, 3.05) is 76.2 Å². The number of benzene rings is 2. The van der Waals surface area contributed by atoms with Gasteiger partial charge in [-0.1, -0.05) is 30.7 Å². The van der Waals surface area contributed by atoms with Crippen LogP contribution in [-0.2, 0) is 18.8 Å². The fraction of sp³-hybridized carbons (Fsp3) is 0.390. The van der Waals surface area contributed by atoms with Crippen LogP contribution >= 0.6 is 0 Å². The molecule has 55 heavy (non-hydrogen) atoms. The zero-order chi connectivity index (χ0) is 38.7. The van der Waals surface area contributed by atoms with Crippen molar-refractivity contribution in [3.8, 4) is 0 Å². The summed E-state index contributed by atoms with van der Waals surface area (Å²) in [6.07, 6.45) is 7.85. The molecule has 6 rings (SSSR count). The molecule has 0 unspecified atom stereocenters. The van der Waals surface area contributed by atoms with E-state index in [2.05, 4.69) is 31.1 Å². The molecule has 4 N–H and O–H groups in total. The Balaban J connectivity index is 0.963. The van der Waals surface area contributed by atoms with Crippen molar-refractivity contribution in [3.05, 3.63) is 107 Å². The maximum Gasteiger partial charge on any atom is 0.268 e. The summed E-state index contributed by atoms with van der Waals surface area (Å²) < 4.78 is 8.72. The minimum Gasteiger partial charge on any atom is -0.379 e. The minimum atomic E-state index is -0.378. The SMILES string of the molecule is Cn1cc(NC(=O)c2ccc(C(=O)c3ccc(C(=O)Nc4cc(C(=O)NCCN5CCCCC5)n(C)c4)cc3)cc2)cc1C(=O)NCCCN1CCOCC1. The van der Waals surface area contributed by atoms with Gasteiger partial charge in [0.1, 0.15) is 11.4 Å². The van der Waals surface area contributed by atoms with Gasteiger partial charge < -0.3 is 40.0 Å². The van der Waals surface area contributed by atoms with Gasteiger partial charge in [-0.25, -0.2) is 0 Å². The summed E-state index contributed by atoms with van der Waals surface area (Å²) >= 11 is 0. The van der Waals surface area contributed by atoms with E-state index in [0.29, 0.717) is 58.1 Å². The first-order valence-electron chi connectivity index (χ1n) is 18.9. The second kappa shape index (κ2) is 18.7. The number of aromatic nitrogens is 2. The number of hydrogen-bond donors (Lipinski definition) is 4. The number of nitrogens with zero attached hydrogens (tertiary/aromatic N) is 4. The van der Waals surface area contributed by atoms with Crippen LogP contribution in [0.4, 0.5) is 11.4 Å². The number of ether oxygens (including phenoxy) is 1. The number of amides is 4. The van der Waals surface area contributed by atoms with E-state index in [4.69, 9.17) is 4.74 Å². The van der Waals surface area contributed by atoms with E-state index in [1.165, 1.54) is 19.3 Å². The van der Waals surface area contributed by atoms with E-state index in [-0.39, 0.29) is 29.4 Å². The molecule has 4 amide bonds. The number of aryl methyl sites for hydroxylation is 2. The fourth-order valence-corrected chi connectivity index (χ4v) is 6.86. The predicted octanol–water partition coefficient (Wildman–Crippen LogP) is 3.77. The van der Waals surface area contributed by atoms with Crippen LogP contribution < -0.4 is 21.3 Å². The van der Waals surface area contributed by atoms with Gasteiger partial charge in [0.2, 0.25) is 0 Å². The molecule has 0 spiro atoms. The molecule has 0 aliphatic carbocycles. The summed E-state index contributed by atoms with van der Waals surface area (Å²) in [4.78, 5) is 69.5. The van der Waals surface area contributed by atoms with Gasteiger partial charge in [0.25, 0.3) is 23.6 Å². The molecule has 2 aromatic carbocycles. The summed E-state index contributed by atoms with van der Waals surface area (Å²) in [5.74, 6) is -1.43. The lowest BCUT2D eigenvalue weighted by Gasteiger charge is -2.26. The van der Waals surface area contributed by atoms with Crippen molar-refractivity contribution < 1.29 is 28.7 Å². The molecule has 2 aliphatic heterocycles. The second-order valence-electron chi connectivity index (χ2n) is 14.1. The highest BCUT2D eigenvalue weighted by Crippen LogP contribution is 2.18. The highest BCUT2D eigenvalue weighted by atomic mass is 16.5. The number of morpholine rings is 1. The Morgan fingerprint density at radius 3 is 1.53 bits per heavy atom. The third kappa shape index (κ3) is 10.6. The first-order chi connectivity index (χ1) is 26.6. The minimum absolute atomic E-state index is 0.200. The van der Waals surface area contributed by atoms with E-state index in [0.717, 1.165) is 58.9 Å². The van der Waals surface area contributed by atoms with E-state index in [1.807, 2.05) is 0 Å². The van der Waals surface area contributed by atoms with Crippen LogP contribution in [0, 0.1) is 0 Å². The summed E-state index contributed by atoms with van der Waals surface area (Å²) in [5, 5.41) is 11.6. The zero-order valence-electron chi connectivity index (χ0n) is 31.6. The molecule has 290 valence electrons. The highest BCUT2D eigenvalue weighted by molar-refractivity contribution is 6.11. The van der Waals surface area contributed by atoms with Crippen molar-refractivity contribution in [2.45, 2.75) is 25.7 Å². The first kappa shape index (κ1) is 39.1. The monoisotopic (exact) mass is 750 g/mol. The predicted molar refractivity (Wildman–Crippen MR) is 210 cm³/mol. The molecular formula is C41H50N8O6. The van der Waals surface area contributed by atoms with Gasteiger partial charge in [0.05, 0.1) is 24.6 Å². The number of carbonyl (C=O) groups excluding carboxylic acids is 5. The second-order valence-corrected chi connectivity index (χ2v) is 14.1. The van der Waals surface area contributed by atoms with Crippen LogP contribution in [0.15, 0.2) is 73.1 Å². The smallest absolute Gasteiger partial charge is 0.268 e. The summed E-state index contributed by atoms with van der Waals surface area (Å²) in [7, 11) is 3.50. The van der Waals surface area contributed by atoms with Crippen LogP contribution in [0.25, 0.3) is 0 Å². The van der Waals surface area contributed by atoms with Crippen molar-refractivity contribution in [3.63, 3.8) is 0 Å². The molecule has 0 bridgehead atoms. The first-order valence-corrected chi connectivity index (χ1v) is 18.9. The zero-order valence-corrected chi connectivity index (χ0v) is 31.6. The van der Waals surface area contributed by atoms with Crippen LogP contribution in [0.5, 0.6) is 0 Å². The Hall–Kier alpha value is -5.57. The Bertz CT molecular complexity index is 1970. The van der Waals surface area contributed by atoms with E-state index < -0.39 is 0 Å². The third-order valence-corrected chi connectivity index (χ3v) is 10.0. The maximum absolute atomic E-state index is 13.2. The summed E-state index contributed by atoms with van der Waals surface area (Å²) in [5.41, 5.74) is 3.30. The molecule has 0 atom stereocenters. The normalized spacial score (nSPS) is 14.9. The van der Waals surface area contributed by atoms with Gasteiger partial charge >= 0.3 is 0 Å². The van der Waals surface area contributed by atoms with Crippen molar-refractivity contribution in [1.82, 2.24) is 29.6 Å². The fourth-order valence-electron chi connectivity index (χ4n) is 6.86. The number of rotatable bonds is 15. The Morgan fingerprint density at radius 2 is 1.02 bits per heavy atom. The lowest BCUT2D eigenvalue weighted by Crippen LogP contribution is -2.38. The van der Waals surface area contributed by atoms with Crippen molar-refractivity contribution in [2.24, 2.45) is 14.1 Å². The molecule has 14 heteroatoms. The molecule has 2 aromatic heterocycles. The van der Waals surface area contributed by atoms with Crippen molar-refractivity contribution in [1.29, 1.82) is 0 Å². The molecule has 14 nitrogen and oxygen atoms in total. The van der Waals surface area contributed by atoms with Gasteiger partial charge in [0.15, 0.2) is 5.78 Å². The van der Waals surface area contributed by atoms with Gasteiger partial charge in [-0.3, -0.25) is 28.9 Å². The van der Waals surface area contributed by atoms with E-state index in [9.17, 15) is 24.0 Å². The number of hydrogen-bond acceptors (Lipinski definition) is 8. The van der Waals surface area contributed by atoms with Gasteiger partial charge in [0, 0.05) is 81.5 Å². The Morgan fingerprint density at radius 1 is 0.564 bits per heavy atom. The van der Waals surface area contributed by atoms with Gasteiger partial charge in [-0.15, -0.1) is 0 Å². The van der Waals surface area contributed by atoms with E-state index >= 15 is 0 Å². The molecule has 4 aromatic rings. The van der Waals surface area contributed by atoms with Crippen LogP contribution in [0.2, 0.25) is 0 Å². The van der Waals surface area contributed by atoms with Gasteiger partial charge in [-0.05, 0) is 75.3 Å². The average molecular weight is 751 g/mol. The number of carbonyl (C=O) groups is 5. The summed E-state index contributed by atoms with van der Waals surface area (Å²) in [6, 6.07) is 15.9. The molecule has 4 heterocycles. The number of likely N-dealkylation sites (tertiary alicyclic amines) is 1. The topological polar surface area (TPSA) is 159 Å². The Labute approximate surface area is 321 Å². The molecule has 2 aliphatic rings. The average Bonchev–Trinajstić information content (AvgIpc) is 3.77. The molecule has 0 radical (unpaired) electrons. The molecule has 2 fully saturated rings. The number of piperidine rings is 1. The van der Waals surface area contributed by atoms with Crippen LogP contribution in [-0.4, -0.2) is 114 Å². The van der Waals surface area contributed by atoms with Crippen LogP contribution in [0.3, 0.4) is 0 Å². The lowest BCUT2D eigenvalue weighted by molar-refractivity contribution is 0.0374. The Kier molecular flexibility index (Phi) is 13.3. The quantitative estimate of drug-likeness (QED) is 0.106. The largest absolute Gasteiger partial charge is 0.379 e. The molecular weight excluding hydrogens is 701 g/mol. The van der Waals surface area contributed by atoms with Gasteiger partial charge in [-0.2, -0.15) is 0 Å². The number of ketones is 1.